The molecule has 0 saturated carbocycles. The van der Waals surface area contributed by atoms with Crippen molar-refractivity contribution in [3.8, 4) is 5.75 Å². The van der Waals surface area contributed by atoms with Crippen molar-refractivity contribution in [2.75, 3.05) is 40.5 Å². The van der Waals surface area contributed by atoms with Crippen molar-refractivity contribution in [2.24, 2.45) is 5.73 Å². The molecule has 154 valence electrons. The van der Waals surface area contributed by atoms with Gasteiger partial charge < -0.3 is 24.7 Å². The Kier molecular flexibility index (Phi) is 8.28. The topological polar surface area (TPSA) is 100 Å². The van der Waals surface area contributed by atoms with Crippen molar-refractivity contribution in [1.29, 1.82) is 0 Å². The first-order valence-electron chi connectivity index (χ1n) is 9.16. The highest BCUT2D eigenvalue weighted by atomic mass is 16.7. The Morgan fingerprint density at radius 3 is 2.79 bits per heavy atom. The fourth-order valence-corrected chi connectivity index (χ4v) is 2.88. The van der Waals surface area contributed by atoms with Crippen LogP contribution in [0.5, 0.6) is 5.75 Å². The van der Waals surface area contributed by atoms with Crippen molar-refractivity contribution in [3.05, 3.63) is 41.2 Å². The van der Waals surface area contributed by atoms with Crippen LogP contribution in [-0.4, -0.2) is 63.5 Å². The molecular formula is C20H28N2O6. The average molecular weight is 392 g/mol. The van der Waals surface area contributed by atoms with Gasteiger partial charge in [0.25, 0.3) is 0 Å². The zero-order valence-electron chi connectivity index (χ0n) is 16.6. The minimum atomic E-state index is -0.745. The molecule has 0 unspecified atom stereocenters. The lowest BCUT2D eigenvalue weighted by Gasteiger charge is -2.26. The number of rotatable bonds is 8. The van der Waals surface area contributed by atoms with Gasteiger partial charge in [0.2, 0.25) is 0 Å². The summed E-state index contributed by atoms with van der Waals surface area (Å²) in [4.78, 5) is 25.4. The van der Waals surface area contributed by atoms with Crippen LogP contribution in [0.4, 0.5) is 4.79 Å². The van der Waals surface area contributed by atoms with Crippen LogP contribution >= 0.6 is 0 Å². The molecule has 8 nitrogen and oxygen atoms in total. The third-order valence-corrected chi connectivity index (χ3v) is 4.53. The molecule has 2 rings (SSSR count). The normalized spacial score (nSPS) is 15.4. The summed E-state index contributed by atoms with van der Waals surface area (Å²) in [6, 6.07) is 4.94. The average Bonchev–Trinajstić information content (AvgIpc) is 2.69. The first-order valence-corrected chi connectivity index (χ1v) is 9.16. The van der Waals surface area contributed by atoms with E-state index in [1.165, 1.54) is 7.11 Å². The second kappa shape index (κ2) is 10.7. The van der Waals surface area contributed by atoms with Gasteiger partial charge in [0.15, 0.2) is 0 Å². The van der Waals surface area contributed by atoms with Crippen LogP contribution in [0.25, 0.3) is 0 Å². The number of hydrogen-bond donors (Lipinski definition) is 1. The monoisotopic (exact) mass is 392 g/mol. The number of nitrogens with zero attached hydrogens (tertiary/aromatic N) is 1. The van der Waals surface area contributed by atoms with Gasteiger partial charge in [-0.15, -0.1) is 0 Å². The molecule has 0 saturated heterocycles. The second-order valence-corrected chi connectivity index (χ2v) is 6.56. The molecule has 1 aliphatic rings. The molecule has 2 N–H and O–H groups in total. The minimum absolute atomic E-state index is 0.217. The number of benzene rings is 1. The minimum Gasteiger partial charge on any atom is -0.497 e. The Labute approximate surface area is 165 Å². The zero-order valence-corrected chi connectivity index (χ0v) is 16.6. The van der Waals surface area contributed by atoms with E-state index in [0.29, 0.717) is 25.3 Å². The summed E-state index contributed by atoms with van der Waals surface area (Å²) in [7, 11) is 2.86. The lowest BCUT2D eigenvalue weighted by molar-refractivity contribution is -0.145. The first kappa shape index (κ1) is 21.7. The molecule has 1 aromatic rings. The maximum absolute atomic E-state index is 12.2. The van der Waals surface area contributed by atoms with Crippen molar-refractivity contribution in [2.45, 2.75) is 25.8 Å². The van der Waals surface area contributed by atoms with Crippen molar-refractivity contribution >= 4 is 12.1 Å². The zero-order chi connectivity index (χ0) is 20.5. The summed E-state index contributed by atoms with van der Waals surface area (Å²) >= 11 is 0. The molecule has 1 aliphatic heterocycles. The van der Waals surface area contributed by atoms with E-state index in [1.54, 1.807) is 7.11 Å². The largest absolute Gasteiger partial charge is 0.513 e. The van der Waals surface area contributed by atoms with Gasteiger partial charge in [0.1, 0.15) is 24.2 Å². The van der Waals surface area contributed by atoms with Gasteiger partial charge in [-0.05, 0) is 49.1 Å². The highest BCUT2D eigenvalue weighted by Crippen LogP contribution is 2.18. The molecule has 0 spiro atoms. The molecule has 8 heteroatoms. The highest BCUT2D eigenvalue weighted by molar-refractivity contribution is 5.76. The molecule has 0 amide bonds. The fourth-order valence-electron chi connectivity index (χ4n) is 2.88. The predicted octanol–water partition coefficient (Wildman–Crippen LogP) is 1.79. The predicted molar refractivity (Wildman–Crippen MR) is 103 cm³/mol. The third kappa shape index (κ3) is 6.54. The molecule has 0 aliphatic carbocycles. The van der Waals surface area contributed by atoms with E-state index in [1.807, 2.05) is 36.1 Å². The molecule has 1 aromatic carbocycles. The Bertz CT molecular complexity index is 719. The SMILES string of the molecule is COC(=O)OC1=CCCN(CCOC(=O)[C@@H](N)Cc2cc(OC)ccc2C)C1. The number of ether oxygens (including phenoxy) is 4. The van der Waals surface area contributed by atoms with Crippen LogP contribution in [0.15, 0.2) is 30.0 Å². The van der Waals surface area contributed by atoms with Gasteiger partial charge in [0.05, 0.1) is 20.8 Å². The molecule has 28 heavy (non-hydrogen) atoms. The van der Waals surface area contributed by atoms with Gasteiger partial charge in [-0.25, -0.2) is 4.79 Å². The van der Waals surface area contributed by atoms with E-state index in [4.69, 9.17) is 19.9 Å². The number of nitrogens with two attached hydrogens (primary N) is 1. The first-order chi connectivity index (χ1) is 13.4. The van der Waals surface area contributed by atoms with E-state index in [9.17, 15) is 9.59 Å². The van der Waals surface area contributed by atoms with E-state index in [-0.39, 0.29) is 6.61 Å². The van der Waals surface area contributed by atoms with E-state index < -0.39 is 18.2 Å². The number of carbonyl (C=O) groups excluding carboxylic acids is 2. The molecule has 0 aromatic heterocycles. The van der Waals surface area contributed by atoms with Crippen LogP contribution < -0.4 is 10.5 Å². The lowest BCUT2D eigenvalue weighted by Crippen LogP contribution is -2.38. The molecule has 0 fully saturated rings. The smallest absolute Gasteiger partial charge is 0.497 e. The Morgan fingerprint density at radius 1 is 1.29 bits per heavy atom. The number of esters is 1. The standard InChI is InChI=1S/C20H28N2O6/c1-14-6-7-16(25-2)11-15(14)12-18(21)19(23)27-10-9-22-8-4-5-17(13-22)28-20(24)26-3/h5-7,11,18H,4,8-10,12-13,21H2,1-3H3/t18-/m0/s1. The van der Waals surface area contributed by atoms with Crippen LogP contribution in [-0.2, 0) is 25.4 Å². The van der Waals surface area contributed by atoms with Crippen molar-refractivity contribution < 1.29 is 28.5 Å². The Balaban J connectivity index is 1.76. The van der Waals surface area contributed by atoms with Crippen LogP contribution in [0.2, 0.25) is 0 Å². The van der Waals surface area contributed by atoms with E-state index in [0.717, 1.165) is 29.8 Å². The Hall–Kier alpha value is -2.58. The van der Waals surface area contributed by atoms with Crippen LogP contribution in [0, 0.1) is 6.92 Å². The molecular weight excluding hydrogens is 364 g/mol. The number of hydrogen-bond acceptors (Lipinski definition) is 8. The molecule has 0 bridgehead atoms. The second-order valence-electron chi connectivity index (χ2n) is 6.56. The van der Waals surface area contributed by atoms with E-state index in [2.05, 4.69) is 4.74 Å². The Morgan fingerprint density at radius 2 is 2.07 bits per heavy atom. The van der Waals surface area contributed by atoms with Gasteiger partial charge in [-0.2, -0.15) is 0 Å². The third-order valence-electron chi connectivity index (χ3n) is 4.53. The number of carbonyl (C=O) groups is 2. The van der Waals surface area contributed by atoms with Crippen LogP contribution in [0.1, 0.15) is 17.5 Å². The summed E-state index contributed by atoms with van der Waals surface area (Å²) in [5.74, 6) is 0.819. The van der Waals surface area contributed by atoms with Crippen LogP contribution in [0.3, 0.4) is 0 Å². The highest BCUT2D eigenvalue weighted by Gasteiger charge is 2.19. The summed E-state index contributed by atoms with van der Waals surface area (Å²) in [6.07, 6.45) is 2.24. The number of aryl methyl sites for hydroxylation is 1. The van der Waals surface area contributed by atoms with Gasteiger partial charge in [-0.1, -0.05) is 6.07 Å². The molecule has 0 radical (unpaired) electrons. The summed E-state index contributed by atoms with van der Waals surface area (Å²) < 4.78 is 20.1. The van der Waals surface area contributed by atoms with Gasteiger partial charge in [-0.3, -0.25) is 9.69 Å². The lowest BCUT2D eigenvalue weighted by atomic mass is 10.0. The quantitative estimate of drug-likeness (QED) is 0.669. The maximum atomic E-state index is 12.2. The summed E-state index contributed by atoms with van der Waals surface area (Å²) in [6.45, 7) is 3.96. The molecule has 1 atom stereocenters. The van der Waals surface area contributed by atoms with Gasteiger partial charge in [0, 0.05) is 13.1 Å². The van der Waals surface area contributed by atoms with Gasteiger partial charge >= 0.3 is 12.1 Å². The summed E-state index contributed by atoms with van der Waals surface area (Å²) in [5, 5.41) is 0. The van der Waals surface area contributed by atoms with Crippen molar-refractivity contribution in [1.82, 2.24) is 4.90 Å². The number of methoxy groups -OCH3 is 2. The fraction of sp³-hybridized carbons (Fsp3) is 0.500. The van der Waals surface area contributed by atoms with E-state index >= 15 is 0 Å². The van der Waals surface area contributed by atoms with Crippen molar-refractivity contribution in [3.63, 3.8) is 0 Å². The maximum Gasteiger partial charge on any atom is 0.513 e. The molecule has 1 heterocycles. The summed E-state index contributed by atoms with van der Waals surface area (Å²) in [5.41, 5.74) is 8.01.